The molecule has 1 spiro atoms. The van der Waals surface area contributed by atoms with E-state index in [9.17, 15) is 0 Å². The summed E-state index contributed by atoms with van der Waals surface area (Å²) < 4.78 is 12.9. The minimum absolute atomic E-state index is 0.307. The Labute approximate surface area is 232 Å². The Morgan fingerprint density at radius 3 is 2.77 bits per heavy atom. The number of pyridine rings is 3. The SMILES string of the molecule is CCOc1cc(-c2ccc(N3CCCC4(CCN(Cc5ccc(OC)nc5)C4)C3)nc2)c2c3cn[nH]c3nn2c1. The van der Waals surface area contributed by atoms with Gasteiger partial charge in [0, 0.05) is 61.2 Å². The lowest BCUT2D eigenvalue weighted by Crippen LogP contribution is -2.45. The first-order valence-electron chi connectivity index (χ1n) is 14.0. The van der Waals surface area contributed by atoms with Gasteiger partial charge in [-0.05, 0) is 56.5 Å². The van der Waals surface area contributed by atoms with Crippen molar-refractivity contribution in [2.75, 3.05) is 44.8 Å². The number of likely N-dealkylation sites (tertiary alicyclic amines) is 1. The molecule has 7 heterocycles. The highest BCUT2D eigenvalue weighted by Gasteiger charge is 2.41. The van der Waals surface area contributed by atoms with Crippen LogP contribution in [0.1, 0.15) is 31.7 Å². The largest absolute Gasteiger partial charge is 0.492 e. The first-order valence-corrected chi connectivity index (χ1v) is 14.0. The Morgan fingerprint density at radius 2 is 1.98 bits per heavy atom. The van der Waals surface area contributed by atoms with Crippen molar-refractivity contribution in [2.24, 2.45) is 5.41 Å². The zero-order valence-corrected chi connectivity index (χ0v) is 23.0. The van der Waals surface area contributed by atoms with E-state index in [0.29, 0.717) is 17.9 Å². The van der Waals surface area contributed by atoms with Crippen molar-refractivity contribution >= 4 is 22.4 Å². The van der Waals surface area contributed by atoms with E-state index in [1.165, 1.54) is 24.8 Å². The molecular weight excluding hydrogens is 504 g/mol. The minimum Gasteiger partial charge on any atom is -0.492 e. The number of H-pyrrole nitrogens is 1. The molecule has 0 aromatic carbocycles. The van der Waals surface area contributed by atoms with Crippen LogP contribution in [0, 0.1) is 5.41 Å². The standard InChI is InChI=1S/C30H34N8O2/c1-3-40-23-13-24(28-25-16-33-34-29(25)35-38(28)18-23)22-6-7-26(31-15-22)37-11-4-9-30(20-37)10-12-36(19-30)17-21-5-8-27(39-2)32-14-21/h5-8,13-16,18H,3-4,9-12,17,19-20H2,1-2H3,(H,34,35). The van der Waals surface area contributed by atoms with Crippen molar-refractivity contribution in [3.05, 3.63) is 60.7 Å². The maximum absolute atomic E-state index is 5.85. The molecule has 1 N–H and O–H groups in total. The number of methoxy groups -OCH3 is 1. The lowest BCUT2D eigenvalue weighted by atomic mass is 9.79. The van der Waals surface area contributed by atoms with E-state index in [0.717, 1.165) is 72.0 Å². The molecular formula is C30H34N8O2. The monoisotopic (exact) mass is 538 g/mol. The maximum atomic E-state index is 5.85. The molecule has 2 aliphatic heterocycles. The van der Waals surface area contributed by atoms with Crippen molar-refractivity contribution in [2.45, 2.75) is 32.7 Å². The summed E-state index contributed by atoms with van der Waals surface area (Å²) >= 11 is 0. The number of ether oxygens (including phenoxy) is 2. The van der Waals surface area contributed by atoms with Crippen LogP contribution in [-0.2, 0) is 6.54 Å². The van der Waals surface area contributed by atoms with Crippen molar-refractivity contribution in [1.82, 2.24) is 34.7 Å². The fourth-order valence-corrected chi connectivity index (χ4v) is 6.52. The Hall–Kier alpha value is -4.18. The molecule has 0 bridgehead atoms. The summed E-state index contributed by atoms with van der Waals surface area (Å²) in [7, 11) is 1.65. The number of fused-ring (bicyclic) bond motifs is 3. The van der Waals surface area contributed by atoms with Gasteiger partial charge in [0.2, 0.25) is 5.88 Å². The van der Waals surface area contributed by atoms with Crippen LogP contribution in [0.5, 0.6) is 11.6 Å². The first kappa shape index (κ1) is 24.8. The highest BCUT2D eigenvalue weighted by molar-refractivity contribution is 6.00. The van der Waals surface area contributed by atoms with Gasteiger partial charge in [-0.3, -0.25) is 10.00 Å². The molecule has 2 aliphatic rings. The van der Waals surface area contributed by atoms with E-state index in [1.807, 2.05) is 42.3 Å². The van der Waals surface area contributed by atoms with Gasteiger partial charge >= 0.3 is 0 Å². The Morgan fingerprint density at radius 1 is 1.02 bits per heavy atom. The zero-order valence-electron chi connectivity index (χ0n) is 23.0. The fraction of sp³-hybridized carbons (Fsp3) is 0.400. The molecule has 0 aliphatic carbocycles. The summed E-state index contributed by atoms with van der Waals surface area (Å²) in [6.07, 6.45) is 11.3. The number of aromatic amines is 1. The summed E-state index contributed by atoms with van der Waals surface area (Å²) in [6, 6.07) is 10.5. The molecule has 7 rings (SSSR count). The third-order valence-corrected chi connectivity index (χ3v) is 8.39. The molecule has 5 aromatic rings. The van der Waals surface area contributed by atoms with Crippen LogP contribution in [-0.4, -0.2) is 74.6 Å². The molecule has 1 unspecified atom stereocenters. The normalized spacial score (nSPS) is 19.7. The smallest absolute Gasteiger partial charge is 0.212 e. The summed E-state index contributed by atoms with van der Waals surface area (Å²) in [4.78, 5) is 14.4. The summed E-state index contributed by atoms with van der Waals surface area (Å²) in [5.41, 5.74) is 5.36. The second-order valence-corrected chi connectivity index (χ2v) is 11.0. The Kier molecular flexibility index (Phi) is 6.27. The van der Waals surface area contributed by atoms with Gasteiger partial charge in [0.1, 0.15) is 11.6 Å². The van der Waals surface area contributed by atoms with Crippen molar-refractivity contribution in [3.8, 4) is 22.8 Å². The number of nitrogens with zero attached hydrogens (tertiary/aromatic N) is 7. The highest BCUT2D eigenvalue weighted by atomic mass is 16.5. The number of aromatic nitrogens is 6. The van der Waals surface area contributed by atoms with Crippen LogP contribution >= 0.6 is 0 Å². The topological polar surface area (TPSA) is 96.7 Å². The molecule has 2 fully saturated rings. The van der Waals surface area contributed by atoms with Crippen LogP contribution < -0.4 is 14.4 Å². The van der Waals surface area contributed by atoms with Crippen LogP contribution in [0.4, 0.5) is 5.82 Å². The number of rotatable bonds is 7. The van der Waals surface area contributed by atoms with Crippen LogP contribution in [0.3, 0.4) is 0 Å². The molecule has 2 saturated heterocycles. The van der Waals surface area contributed by atoms with E-state index < -0.39 is 0 Å². The summed E-state index contributed by atoms with van der Waals surface area (Å²) in [5.74, 6) is 2.48. The summed E-state index contributed by atoms with van der Waals surface area (Å²) in [5, 5.41) is 12.8. The van der Waals surface area contributed by atoms with Crippen molar-refractivity contribution in [1.29, 1.82) is 0 Å². The third kappa shape index (κ3) is 4.52. The third-order valence-electron chi connectivity index (χ3n) is 8.39. The van der Waals surface area contributed by atoms with Crippen molar-refractivity contribution < 1.29 is 9.47 Å². The first-order chi connectivity index (χ1) is 19.6. The maximum Gasteiger partial charge on any atom is 0.212 e. The number of anilines is 1. The van der Waals surface area contributed by atoms with Crippen molar-refractivity contribution in [3.63, 3.8) is 0 Å². The average molecular weight is 539 g/mol. The van der Waals surface area contributed by atoms with Gasteiger partial charge in [0.05, 0.1) is 37.0 Å². The van der Waals surface area contributed by atoms with Crippen LogP contribution in [0.25, 0.3) is 27.7 Å². The molecule has 1 atom stereocenters. The quantitative estimate of drug-likeness (QED) is 0.322. The minimum atomic E-state index is 0.307. The highest BCUT2D eigenvalue weighted by Crippen LogP contribution is 2.41. The number of nitrogens with one attached hydrogen (secondary N) is 1. The van der Waals surface area contributed by atoms with Gasteiger partial charge in [-0.15, -0.1) is 5.10 Å². The number of hydrogen-bond acceptors (Lipinski definition) is 8. The predicted molar refractivity (Wildman–Crippen MR) is 154 cm³/mol. The molecule has 0 amide bonds. The van der Waals surface area contributed by atoms with E-state index in [2.05, 4.69) is 54.3 Å². The number of piperidine rings is 1. The van der Waals surface area contributed by atoms with E-state index >= 15 is 0 Å². The van der Waals surface area contributed by atoms with E-state index in [4.69, 9.17) is 14.5 Å². The second-order valence-electron chi connectivity index (χ2n) is 11.0. The molecule has 206 valence electrons. The average Bonchev–Trinajstić information content (AvgIpc) is 3.68. The van der Waals surface area contributed by atoms with Crippen LogP contribution in [0.15, 0.2) is 55.1 Å². The molecule has 0 saturated carbocycles. The fourth-order valence-electron chi connectivity index (χ4n) is 6.52. The molecule has 0 radical (unpaired) electrons. The van der Waals surface area contributed by atoms with Gasteiger partial charge in [-0.2, -0.15) is 5.10 Å². The molecule has 5 aromatic heterocycles. The number of hydrogen-bond donors (Lipinski definition) is 1. The lowest BCUT2D eigenvalue weighted by molar-refractivity contribution is 0.216. The van der Waals surface area contributed by atoms with Gasteiger partial charge in [0.15, 0.2) is 5.65 Å². The van der Waals surface area contributed by atoms with Gasteiger partial charge in [-0.25, -0.2) is 14.5 Å². The predicted octanol–water partition coefficient (Wildman–Crippen LogP) is 4.57. The lowest BCUT2D eigenvalue weighted by Gasteiger charge is -2.41. The van der Waals surface area contributed by atoms with E-state index in [-0.39, 0.29) is 0 Å². The van der Waals surface area contributed by atoms with Gasteiger partial charge in [0.25, 0.3) is 0 Å². The Balaban J connectivity index is 1.10. The van der Waals surface area contributed by atoms with Crippen LogP contribution in [0.2, 0.25) is 0 Å². The summed E-state index contributed by atoms with van der Waals surface area (Å²) in [6.45, 7) is 7.82. The van der Waals surface area contributed by atoms with E-state index in [1.54, 1.807) is 7.11 Å². The molecule has 10 nitrogen and oxygen atoms in total. The molecule has 10 heteroatoms. The van der Waals surface area contributed by atoms with Gasteiger partial charge < -0.3 is 14.4 Å². The van der Waals surface area contributed by atoms with Gasteiger partial charge in [-0.1, -0.05) is 6.07 Å². The second kappa shape index (κ2) is 10.1. The molecule has 40 heavy (non-hydrogen) atoms. The Bertz CT molecular complexity index is 1630. The zero-order chi connectivity index (χ0) is 27.1.